The van der Waals surface area contributed by atoms with E-state index >= 15 is 0 Å². The minimum absolute atomic E-state index is 0.612. The SMILES string of the molecule is CC(/C=C/C1CCCC1)=C\C=C\C(C)=C\CN. The van der Waals surface area contributed by atoms with Crippen LogP contribution in [-0.2, 0) is 0 Å². The molecule has 0 atom stereocenters. The number of rotatable bonds is 5. The van der Waals surface area contributed by atoms with Crippen LogP contribution in [0, 0.1) is 5.92 Å². The van der Waals surface area contributed by atoms with Crippen molar-refractivity contribution in [3.8, 4) is 0 Å². The topological polar surface area (TPSA) is 26.0 Å². The van der Waals surface area contributed by atoms with Crippen LogP contribution in [0.25, 0.3) is 0 Å². The molecular weight excluding hydrogens is 206 g/mol. The van der Waals surface area contributed by atoms with Crippen LogP contribution in [-0.4, -0.2) is 6.54 Å². The summed E-state index contributed by atoms with van der Waals surface area (Å²) < 4.78 is 0. The smallest absolute Gasteiger partial charge is 0.0112 e. The van der Waals surface area contributed by atoms with Crippen LogP contribution in [0.1, 0.15) is 39.5 Å². The Labute approximate surface area is 106 Å². The maximum absolute atomic E-state index is 5.44. The summed E-state index contributed by atoms with van der Waals surface area (Å²) in [4.78, 5) is 0. The molecule has 0 saturated heterocycles. The van der Waals surface area contributed by atoms with E-state index in [1.54, 1.807) is 0 Å². The van der Waals surface area contributed by atoms with Crippen LogP contribution in [0.5, 0.6) is 0 Å². The Balaban J connectivity index is 2.40. The summed E-state index contributed by atoms with van der Waals surface area (Å²) in [7, 11) is 0. The van der Waals surface area contributed by atoms with Crippen LogP contribution >= 0.6 is 0 Å². The molecule has 0 aliphatic heterocycles. The van der Waals surface area contributed by atoms with Crippen molar-refractivity contribution in [1.82, 2.24) is 0 Å². The maximum atomic E-state index is 5.44. The number of nitrogens with two attached hydrogens (primary N) is 1. The van der Waals surface area contributed by atoms with Crippen molar-refractivity contribution in [2.75, 3.05) is 6.54 Å². The lowest BCUT2D eigenvalue weighted by atomic mass is 10.1. The van der Waals surface area contributed by atoms with Crippen LogP contribution in [0.3, 0.4) is 0 Å². The van der Waals surface area contributed by atoms with E-state index in [-0.39, 0.29) is 0 Å². The molecule has 1 heteroatoms. The first-order chi connectivity index (χ1) is 8.22. The Bertz CT molecular complexity index is 325. The normalized spacial score (nSPS) is 19.9. The van der Waals surface area contributed by atoms with Gasteiger partial charge >= 0.3 is 0 Å². The van der Waals surface area contributed by atoms with Gasteiger partial charge in [-0.25, -0.2) is 0 Å². The molecule has 1 saturated carbocycles. The Hall–Kier alpha value is -1.08. The fourth-order valence-electron chi connectivity index (χ4n) is 2.10. The minimum atomic E-state index is 0.612. The highest BCUT2D eigenvalue weighted by atomic mass is 14.5. The zero-order valence-electron chi connectivity index (χ0n) is 11.2. The first kappa shape index (κ1) is 14.0. The molecule has 0 aromatic rings. The van der Waals surface area contributed by atoms with Crippen LogP contribution in [0.2, 0.25) is 0 Å². The van der Waals surface area contributed by atoms with E-state index in [1.807, 2.05) is 6.08 Å². The zero-order chi connectivity index (χ0) is 12.5. The highest BCUT2D eigenvalue weighted by Crippen LogP contribution is 2.25. The summed E-state index contributed by atoms with van der Waals surface area (Å²) in [6, 6.07) is 0. The third-order valence-corrected chi connectivity index (χ3v) is 3.19. The lowest BCUT2D eigenvalue weighted by Crippen LogP contribution is -1.93. The van der Waals surface area contributed by atoms with E-state index in [4.69, 9.17) is 5.73 Å². The lowest BCUT2D eigenvalue weighted by molar-refractivity contribution is 0.685. The number of allylic oxidation sites excluding steroid dienone is 7. The van der Waals surface area contributed by atoms with E-state index in [0.717, 1.165) is 5.92 Å². The van der Waals surface area contributed by atoms with Gasteiger partial charge in [-0.3, -0.25) is 0 Å². The molecule has 0 spiro atoms. The second-order valence-electron chi connectivity index (χ2n) is 4.86. The average Bonchev–Trinajstić information content (AvgIpc) is 2.79. The van der Waals surface area contributed by atoms with Gasteiger partial charge in [0.15, 0.2) is 0 Å². The van der Waals surface area contributed by atoms with Crippen LogP contribution in [0.4, 0.5) is 0 Å². The van der Waals surface area contributed by atoms with Gasteiger partial charge in [0, 0.05) is 6.54 Å². The van der Waals surface area contributed by atoms with Crippen molar-refractivity contribution in [2.45, 2.75) is 39.5 Å². The number of hydrogen-bond donors (Lipinski definition) is 1. The Morgan fingerprint density at radius 3 is 2.47 bits per heavy atom. The molecule has 2 N–H and O–H groups in total. The molecule has 1 rings (SSSR count). The van der Waals surface area contributed by atoms with Crippen molar-refractivity contribution in [2.24, 2.45) is 11.7 Å². The van der Waals surface area contributed by atoms with Crippen LogP contribution < -0.4 is 5.73 Å². The molecule has 0 bridgehead atoms. The highest BCUT2D eigenvalue weighted by Gasteiger charge is 2.10. The van der Waals surface area contributed by atoms with E-state index in [9.17, 15) is 0 Å². The summed E-state index contributed by atoms with van der Waals surface area (Å²) in [6.07, 6.45) is 18.5. The number of hydrogen-bond acceptors (Lipinski definition) is 1. The fraction of sp³-hybridized carbons (Fsp3) is 0.500. The molecule has 1 fully saturated rings. The van der Waals surface area contributed by atoms with Crippen molar-refractivity contribution >= 4 is 0 Å². The molecule has 94 valence electrons. The van der Waals surface area contributed by atoms with Gasteiger partial charge in [0.25, 0.3) is 0 Å². The summed E-state index contributed by atoms with van der Waals surface area (Å²) >= 11 is 0. The van der Waals surface area contributed by atoms with Gasteiger partial charge in [-0.2, -0.15) is 0 Å². The van der Waals surface area contributed by atoms with E-state index in [0.29, 0.717) is 6.54 Å². The molecular formula is C16H25N. The average molecular weight is 231 g/mol. The first-order valence-corrected chi connectivity index (χ1v) is 6.62. The van der Waals surface area contributed by atoms with Gasteiger partial charge in [0.2, 0.25) is 0 Å². The van der Waals surface area contributed by atoms with Gasteiger partial charge in [-0.05, 0) is 32.6 Å². The third-order valence-electron chi connectivity index (χ3n) is 3.19. The zero-order valence-corrected chi connectivity index (χ0v) is 11.2. The van der Waals surface area contributed by atoms with E-state index in [1.165, 1.54) is 36.8 Å². The van der Waals surface area contributed by atoms with Crippen molar-refractivity contribution < 1.29 is 0 Å². The van der Waals surface area contributed by atoms with Crippen molar-refractivity contribution in [3.63, 3.8) is 0 Å². The molecule has 0 radical (unpaired) electrons. The molecule has 1 aliphatic carbocycles. The Morgan fingerprint density at radius 2 is 1.82 bits per heavy atom. The Morgan fingerprint density at radius 1 is 1.12 bits per heavy atom. The van der Waals surface area contributed by atoms with E-state index < -0.39 is 0 Å². The first-order valence-electron chi connectivity index (χ1n) is 6.62. The second-order valence-corrected chi connectivity index (χ2v) is 4.86. The van der Waals surface area contributed by atoms with Crippen LogP contribution in [0.15, 0.2) is 47.6 Å². The van der Waals surface area contributed by atoms with Gasteiger partial charge < -0.3 is 5.73 Å². The van der Waals surface area contributed by atoms with Gasteiger partial charge in [0.05, 0.1) is 0 Å². The predicted molar refractivity (Wildman–Crippen MR) is 76.8 cm³/mol. The summed E-state index contributed by atoms with van der Waals surface area (Å²) in [5.74, 6) is 0.821. The van der Waals surface area contributed by atoms with Gasteiger partial charge in [-0.15, -0.1) is 0 Å². The molecule has 17 heavy (non-hydrogen) atoms. The molecule has 0 unspecified atom stereocenters. The van der Waals surface area contributed by atoms with Crippen molar-refractivity contribution in [1.29, 1.82) is 0 Å². The molecule has 0 heterocycles. The quantitative estimate of drug-likeness (QED) is 0.707. The predicted octanol–water partition coefficient (Wildman–Crippen LogP) is 4.14. The Kier molecular flexibility index (Phi) is 6.64. The van der Waals surface area contributed by atoms with Gasteiger partial charge in [-0.1, -0.05) is 60.4 Å². The summed E-state index contributed by atoms with van der Waals surface area (Å²) in [5, 5.41) is 0. The standard InChI is InChI=1S/C16H25N/c1-14(6-5-7-15(2)12-13-17)10-11-16-8-3-4-9-16/h5-7,10-12,16H,3-4,8-9,13,17H2,1-2H3/b7-5+,11-10+,14-6+,15-12+. The summed E-state index contributed by atoms with van der Waals surface area (Å²) in [5.41, 5.74) is 7.97. The monoisotopic (exact) mass is 231 g/mol. The van der Waals surface area contributed by atoms with E-state index in [2.05, 4.69) is 44.2 Å². The molecule has 0 aromatic carbocycles. The molecule has 0 amide bonds. The highest BCUT2D eigenvalue weighted by molar-refractivity contribution is 5.26. The summed E-state index contributed by atoms with van der Waals surface area (Å²) in [6.45, 7) is 4.83. The van der Waals surface area contributed by atoms with Crippen molar-refractivity contribution in [3.05, 3.63) is 47.6 Å². The largest absolute Gasteiger partial charge is 0.327 e. The second kappa shape index (κ2) is 8.08. The van der Waals surface area contributed by atoms with Gasteiger partial charge in [0.1, 0.15) is 0 Å². The molecule has 1 nitrogen and oxygen atoms in total. The molecule has 1 aliphatic rings. The lowest BCUT2D eigenvalue weighted by Gasteiger charge is -1.99. The molecule has 0 aromatic heterocycles. The minimum Gasteiger partial charge on any atom is -0.327 e. The maximum Gasteiger partial charge on any atom is 0.0112 e. The fourth-order valence-corrected chi connectivity index (χ4v) is 2.10. The third kappa shape index (κ3) is 6.28.